The Morgan fingerprint density at radius 3 is 2.58 bits per heavy atom. The lowest BCUT2D eigenvalue weighted by molar-refractivity contribution is 0.0696. The Hall–Kier alpha value is -3.41. The van der Waals surface area contributed by atoms with Crippen molar-refractivity contribution >= 4 is 50.3 Å². The summed E-state index contributed by atoms with van der Waals surface area (Å²) in [6, 6.07) is 16.5. The number of benzene rings is 1. The number of carbonyl (C=O) groups excluding carboxylic acids is 1. The summed E-state index contributed by atoms with van der Waals surface area (Å²) in [6.07, 6.45) is 2.98. The van der Waals surface area contributed by atoms with E-state index in [-0.39, 0.29) is 11.7 Å². The molecule has 33 heavy (non-hydrogen) atoms. The molecule has 4 aromatic rings. The minimum Gasteiger partial charge on any atom is -0.397 e. The average Bonchev–Trinajstić information content (AvgIpc) is 3.47. The maximum absolute atomic E-state index is 13.4. The second kappa shape index (κ2) is 8.85. The molecule has 1 aromatic carbocycles. The number of piperidine rings is 1. The second-order valence-corrected chi connectivity index (χ2v) is 10.2. The van der Waals surface area contributed by atoms with Gasteiger partial charge in [0.05, 0.1) is 5.69 Å². The molecule has 0 spiro atoms. The van der Waals surface area contributed by atoms with Crippen LogP contribution in [0.1, 0.15) is 33.6 Å². The molecule has 0 radical (unpaired) electrons. The summed E-state index contributed by atoms with van der Waals surface area (Å²) >= 11 is 2.77. The molecule has 0 saturated carbocycles. The van der Waals surface area contributed by atoms with Crippen molar-refractivity contribution in [2.24, 2.45) is 5.92 Å². The predicted molar refractivity (Wildman–Crippen MR) is 135 cm³/mol. The van der Waals surface area contributed by atoms with Gasteiger partial charge in [-0.25, -0.2) is 4.98 Å². The predicted octanol–water partition coefficient (Wildman–Crippen LogP) is 5.16. The molecular weight excluding hydrogens is 450 g/mol. The molecule has 0 bridgehead atoms. The molecule has 1 aliphatic heterocycles. The van der Waals surface area contributed by atoms with Crippen molar-refractivity contribution < 1.29 is 4.79 Å². The fraction of sp³-hybridized carbons (Fsp3) is 0.240. The van der Waals surface area contributed by atoms with Crippen LogP contribution in [-0.4, -0.2) is 28.9 Å². The number of aromatic nitrogens is 1. The van der Waals surface area contributed by atoms with Gasteiger partial charge in [0.25, 0.3) is 5.91 Å². The summed E-state index contributed by atoms with van der Waals surface area (Å²) in [7, 11) is 0. The number of nitrogen functional groups attached to an aromatic ring is 2. The summed E-state index contributed by atoms with van der Waals surface area (Å²) in [5.41, 5.74) is 15.3. The molecule has 4 heterocycles. The SMILES string of the molecule is N#Cc1c(N)nc2sc(C(=O)N3CCC(Cc4ccccc4)CC3)c(N)c2c1-c1cccs1. The first kappa shape index (κ1) is 21.4. The number of fused-ring (bicyclic) bond motifs is 1. The number of pyridine rings is 1. The van der Waals surface area contributed by atoms with Crippen LogP contribution >= 0.6 is 22.7 Å². The number of nitrogens with zero attached hydrogens (tertiary/aromatic N) is 3. The Balaban J connectivity index is 1.43. The van der Waals surface area contributed by atoms with E-state index in [9.17, 15) is 10.1 Å². The number of carbonyl (C=O) groups is 1. The van der Waals surface area contributed by atoms with Crippen LogP contribution in [-0.2, 0) is 6.42 Å². The number of nitriles is 1. The van der Waals surface area contributed by atoms with Crippen LogP contribution in [0.25, 0.3) is 20.7 Å². The summed E-state index contributed by atoms with van der Waals surface area (Å²) < 4.78 is 0. The highest BCUT2D eigenvalue weighted by molar-refractivity contribution is 7.21. The number of thiophene rings is 2. The van der Waals surface area contributed by atoms with Crippen molar-refractivity contribution in [1.29, 1.82) is 5.26 Å². The highest BCUT2D eigenvalue weighted by atomic mass is 32.1. The van der Waals surface area contributed by atoms with E-state index < -0.39 is 0 Å². The van der Waals surface area contributed by atoms with E-state index in [4.69, 9.17) is 11.5 Å². The first-order valence-corrected chi connectivity index (χ1v) is 12.5. The molecule has 0 aliphatic carbocycles. The Morgan fingerprint density at radius 2 is 1.91 bits per heavy atom. The number of amides is 1. The second-order valence-electron chi connectivity index (χ2n) is 8.29. The van der Waals surface area contributed by atoms with E-state index in [1.807, 2.05) is 28.5 Å². The van der Waals surface area contributed by atoms with E-state index in [1.165, 1.54) is 28.2 Å². The van der Waals surface area contributed by atoms with Gasteiger partial charge in [-0.1, -0.05) is 36.4 Å². The molecule has 166 valence electrons. The zero-order valence-corrected chi connectivity index (χ0v) is 19.6. The number of rotatable bonds is 4. The maximum atomic E-state index is 13.4. The zero-order valence-electron chi connectivity index (χ0n) is 18.0. The van der Waals surface area contributed by atoms with Crippen molar-refractivity contribution in [1.82, 2.24) is 9.88 Å². The zero-order chi connectivity index (χ0) is 22.9. The van der Waals surface area contributed by atoms with Gasteiger partial charge in [0.2, 0.25) is 0 Å². The van der Waals surface area contributed by atoms with Crippen molar-refractivity contribution in [2.75, 3.05) is 24.6 Å². The van der Waals surface area contributed by atoms with Crippen molar-refractivity contribution in [3.05, 3.63) is 63.8 Å². The molecule has 6 nitrogen and oxygen atoms in total. The lowest BCUT2D eigenvalue weighted by Gasteiger charge is -2.32. The van der Waals surface area contributed by atoms with Crippen molar-refractivity contribution in [3.8, 4) is 16.5 Å². The average molecular weight is 474 g/mol. The molecule has 4 N–H and O–H groups in total. The minimum atomic E-state index is -0.0668. The highest BCUT2D eigenvalue weighted by Gasteiger charge is 2.29. The Labute approximate surface area is 200 Å². The van der Waals surface area contributed by atoms with Crippen LogP contribution in [0.4, 0.5) is 11.5 Å². The normalized spacial score (nSPS) is 14.5. The highest BCUT2D eigenvalue weighted by Crippen LogP contribution is 2.44. The third-order valence-electron chi connectivity index (χ3n) is 6.25. The monoisotopic (exact) mass is 473 g/mol. The molecule has 1 fully saturated rings. The van der Waals surface area contributed by atoms with Gasteiger partial charge >= 0.3 is 0 Å². The number of likely N-dealkylation sites (tertiary alicyclic amines) is 1. The smallest absolute Gasteiger partial charge is 0.266 e. The molecule has 0 atom stereocenters. The van der Waals surface area contributed by atoms with Crippen LogP contribution in [0.2, 0.25) is 0 Å². The van der Waals surface area contributed by atoms with Crippen molar-refractivity contribution in [3.63, 3.8) is 0 Å². The fourth-order valence-corrected chi connectivity index (χ4v) is 6.40. The quantitative estimate of drug-likeness (QED) is 0.426. The van der Waals surface area contributed by atoms with Gasteiger partial charge in [0, 0.05) is 28.9 Å². The molecule has 1 aliphatic rings. The van der Waals surface area contributed by atoms with E-state index in [0.717, 1.165) is 24.1 Å². The molecule has 5 rings (SSSR count). The number of hydrogen-bond donors (Lipinski definition) is 2. The molecule has 1 amide bonds. The maximum Gasteiger partial charge on any atom is 0.266 e. The Kier molecular flexibility index (Phi) is 5.75. The van der Waals surface area contributed by atoms with Crippen LogP contribution in [0.5, 0.6) is 0 Å². The van der Waals surface area contributed by atoms with Crippen LogP contribution in [0.15, 0.2) is 47.8 Å². The molecule has 0 unspecified atom stereocenters. The Bertz CT molecular complexity index is 1350. The number of nitrogens with two attached hydrogens (primary N) is 2. The van der Waals surface area contributed by atoms with E-state index in [1.54, 1.807) is 0 Å². The van der Waals surface area contributed by atoms with Crippen LogP contribution < -0.4 is 11.5 Å². The van der Waals surface area contributed by atoms with E-state index in [0.29, 0.717) is 50.9 Å². The topological polar surface area (TPSA) is 109 Å². The molecule has 3 aromatic heterocycles. The van der Waals surface area contributed by atoms with Crippen LogP contribution in [0.3, 0.4) is 0 Å². The third kappa shape index (κ3) is 3.94. The summed E-state index contributed by atoms with van der Waals surface area (Å²) in [4.78, 5) is 21.7. The van der Waals surface area contributed by atoms with Gasteiger partial charge in [0.1, 0.15) is 27.2 Å². The lowest BCUT2D eigenvalue weighted by Crippen LogP contribution is -2.38. The van der Waals surface area contributed by atoms with Gasteiger partial charge in [-0.05, 0) is 42.2 Å². The molecular formula is C25H23N5OS2. The lowest BCUT2D eigenvalue weighted by atomic mass is 9.90. The largest absolute Gasteiger partial charge is 0.397 e. The first-order valence-electron chi connectivity index (χ1n) is 10.9. The standard InChI is InChI=1S/C25H23N5OS2/c26-14-17-19(18-7-4-12-32-18)20-21(27)22(33-24(20)29-23(17)28)25(31)30-10-8-16(9-11-30)13-15-5-2-1-3-6-15/h1-7,12,16H,8-11,13,27H2,(H2,28,29). The number of anilines is 2. The van der Waals surface area contributed by atoms with Gasteiger partial charge in [-0.3, -0.25) is 4.79 Å². The van der Waals surface area contributed by atoms with Gasteiger partial charge < -0.3 is 16.4 Å². The fourth-order valence-electron chi connectivity index (χ4n) is 4.54. The summed E-state index contributed by atoms with van der Waals surface area (Å²) in [6.45, 7) is 1.42. The van der Waals surface area contributed by atoms with E-state index in [2.05, 4.69) is 35.3 Å². The molecule has 8 heteroatoms. The summed E-state index contributed by atoms with van der Waals surface area (Å²) in [5, 5.41) is 12.3. The van der Waals surface area contributed by atoms with Crippen LogP contribution in [0, 0.1) is 17.2 Å². The van der Waals surface area contributed by atoms with E-state index >= 15 is 0 Å². The van der Waals surface area contributed by atoms with Crippen molar-refractivity contribution in [2.45, 2.75) is 19.3 Å². The first-order chi connectivity index (χ1) is 16.1. The van der Waals surface area contributed by atoms with Gasteiger partial charge in [-0.2, -0.15) is 5.26 Å². The summed E-state index contributed by atoms with van der Waals surface area (Å²) in [5.74, 6) is 0.666. The van der Waals surface area contributed by atoms with Gasteiger partial charge in [0.15, 0.2) is 0 Å². The third-order valence-corrected chi connectivity index (χ3v) is 8.22. The van der Waals surface area contributed by atoms with Gasteiger partial charge in [-0.15, -0.1) is 22.7 Å². The molecule has 1 saturated heterocycles. The minimum absolute atomic E-state index is 0.0668. The number of hydrogen-bond acceptors (Lipinski definition) is 7. The Morgan fingerprint density at radius 1 is 1.15 bits per heavy atom.